The van der Waals surface area contributed by atoms with Crippen molar-refractivity contribution in [2.45, 2.75) is 77.5 Å². The van der Waals surface area contributed by atoms with Gasteiger partial charge in [0, 0.05) is 67.5 Å². The maximum absolute atomic E-state index is 13.6. The molecule has 2 aromatic heterocycles. The molecule has 2 unspecified atom stereocenters. The molecule has 0 radical (unpaired) electrons. The van der Waals surface area contributed by atoms with E-state index in [0.29, 0.717) is 47.4 Å². The van der Waals surface area contributed by atoms with E-state index in [2.05, 4.69) is 67.8 Å². The van der Waals surface area contributed by atoms with Gasteiger partial charge in [-0.2, -0.15) is 5.26 Å². The highest BCUT2D eigenvalue weighted by Gasteiger charge is 2.73. The number of aromatic nitrogens is 3. The lowest BCUT2D eigenvalue weighted by atomic mass is 9.32. The van der Waals surface area contributed by atoms with Crippen molar-refractivity contribution in [2.24, 2.45) is 17.3 Å². The molecule has 1 N–H and O–H groups in total. The fourth-order valence-electron chi connectivity index (χ4n) is 9.36. The van der Waals surface area contributed by atoms with Crippen LogP contribution in [0.5, 0.6) is 11.6 Å². The number of halogens is 2. The van der Waals surface area contributed by atoms with E-state index in [1.54, 1.807) is 12.4 Å². The van der Waals surface area contributed by atoms with Crippen molar-refractivity contribution < 1.29 is 13.9 Å². The number of fused-ring (bicyclic) bond motifs is 2. The Labute approximate surface area is 291 Å². The molecule has 3 atom stereocenters. The maximum Gasteiger partial charge on any atom is 0.263 e. The molecule has 4 aromatic rings. The van der Waals surface area contributed by atoms with Gasteiger partial charge in [-0.05, 0) is 97.9 Å². The van der Waals surface area contributed by atoms with Crippen LogP contribution in [0, 0.1) is 41.3 Å². The molecular formula is C38H41ClFN7O2. The van der Waals surface area contributed by atoms with Crippen molar-refractivity contribution >= 4 is 34.2 Å². The van der Waals surface area contributed by atoms with Crippen LogP contribution in [0.4, 0.5) is 10.2 Å². The van der Waals surface area contributed by atoms with Gasteiger partial charge in [0.05, 0.1) is 5.02 Å². The van der Waals surface area contributed by atoms with Crippen molar-refractivity contribution in [1.82, 2.24) is 24.8 Å². The molecule has 4 heterocycles. The number of nitrogens with zero attached hydrogens (tertiary/aromatic N) is 6. The zero-order valence-electron chi connectivity index (χ0n) is 28.2. The summed E-state index contributed by atoms with van der Waals surface area (Å²) < 4.78 is 21.9. The number of nitrogens with one attached hydrogen (secondary N) is 1. The molecular weight excluding hydrogens is 641 g/mol. The normalized spacial score (nSPS) is 27.0. The average Bonchev–Trinajstić information content (AvgIpc) is 3.78. The van der Waals surface area contributed by atoms with Crippen LogP contribution in [0.3, 0.4) is 0 Å². The van der Waals surface area contributed by atoms with Gasteiger partial charge in [0.1, 0.15) is 23.3 Å². The van der Waals surface area contributed by atoms with E-state index in [4.69, 9.17) is 16.3 Å². The van der Waals surface area contributed by atoms with Crippen LogP contribution in [0.2, 0.25) is 5.02 Å². The fourth-order valence-corrected chi connectivity index (χ4v) is 9.57. The van der Waals surface area contributed by atoms with Gasteiger partial charge in [-0.25, -0.2) is 14.4 Å². The van der Waals surface area contributed by atoms with E-state index in [0.717, 1.165) is 69.3 Å². The molecule has 9 rings (SSSR count). The summed E-state index contributed by atoms with van der Waals surface area (Å²) in [6.07, 6.45) is 7.97. The van der Waals surface area contributed by atoms with Crippen LogP contribution in [0.15, 0.2) is 48.8 Å². The predicted molar refractivity (Wildman–Crippen MR) is 186 cm³/mol. The first-order chi connectivity index (χ1) is 23.6. The Balaban J connectivity index is 0.958. The summed E-state index contributed by atoms with van der Waals surface area (Å²) in [4.78, 5) is 26.0. The molecule has 0 spiro atoms. The topological polar surface area (TPSA) is 99.3 Å². The zero-order valence-corrected chi connectivity index (χ0v) is 28.9. The fraction of sp³-hybridized carbons (Fsp3) is 0.474. The number of carbonyl (C=O) groups excluding carboxylic acids is 1. The van der Waals surface area contributed by atoms with Crippen LogP contribution >= 0.6 is 11.6 Å². The molecule has 3 saturated carbocycles. The Bertz CT molecular complexity index is 2000. The quantitative estimate of drug-likeness (QED) is 0.193. The third-order valence-corrected chi connectivity index (χ3v) is 12.6. The molecule has 5 aliphatic rings. The van der Waals surface area contributed by atoms with Crippen molar-refractivity contribution in [3.8, 4) is 17.7 Å². The number of hydrogen-bond donors (Lipinski definition) is 1. The second-order valence-electron chi connectivity index (χ2n) is 14.7. The summed E-state index contributed by atoms with van der Waals surface area (Å²) in [5, 5.41) is 14.7. The minimum absolute atomic E-state index is 0.0107. The molecule has 1 amide bonds. The highest BCUT2D eigenvalue weighted by Crippen LogP contribution is 2.73. The van der Waals surface area contributed by atoms with Crippen LogP contribution in [-0.2, 0) is 17.9 Å². The number of likely N-dealkylation sites (tertiary alicyclic amines) is 1. The summed E-state index contributed by atoms with van der Waals surface area (Å²) in [6.45, 7) is 10.7. The van der Waals surface area contributed by atoms with E-state index in [-0.39, 0.29) is 21.9 Å². The van der Waals surface area contributed by atoms with Crippen LogP contribution in [0.25, 0.3) is 10.9 Å². The maximum atomic E-state index is 13.6. The Morgan fingerprint density at radius 3 is 2.76 bits per heavy atom. The van der Waals surface area contributed by atoms with Crippen molar-refractivity contribution in [2.75, 3.05) is 24.5 Å². The molecule has 5 fully saturated rings. The number of benzene rings is 2. The molecule has 2 aliphatic heterocycles. The standard InChI is InChI=1S/C38H41ClFN7O2/c1-4-34(48)44-38-21-37(22-38,24(38)3)10-14-47-28(17-41)16-29-23(2)25(5-7-31(29)47)18-45-13-9-26-19-46(20-32(26)45)35-36(43-12-11-42-35)49-33-8-6-27(40)15-30(33)39/h5-8,11-12,15-16,24,26,32H,4,9-10,13-14,18-22H2,1-3H3,(H,44,48)/t24-,26?,32?,37?,38?/m0/s1. The van der Waals surface area contributed by atoms with Crippen molar-refractivity contribution in [3.05, 3.63) is 76.5 Å². The van der Waals surface area contributed by atoms with Gasteiger partial charge < -0.3 is 19.5 Å². The number of ether oxygens (including phenoxy) is 1. The molecule has 254 valence electrons. The summed E-state index contributed by atoms with van der Waals surface area (Å²) >= 11 is 6.24. The van der Waals surface area contributed by atoms with E-state index >= 15 is 0 Å². The third kappa shape index (κ3) is 5.24. The van der Waals surface area contributed by atoms with E-state index in [9.17, 15) is 14.4 Å². The Kier molecular flexibility index (Phi) is 7.84. The molecule has 2 saturated heterocycles. The lowest BCUT2D eigenvalue weighted by Crippen LogP contribution is -2.80. The predicted octanol–water partition coefficient (Wildman–Crippen LogP) is 6.99. The number of carbonyl (C=O) groups is 1. The van der Waals surface area contributed by atoms with E-state index in [1.807, 2.05) is 6.92 Å². The number of anilines is 1. The highest BCUT2D eigenvalue weighted by molar-refractivity contribution is 6.32. The van der Waals surface area contributed by atoms with Gasteiger partial charge >= 0.3 is 0 Å². The number of amides is 1. The van der Waals surface area contributed by atoms with Crippen molar-refractivity contribution in [1.29, 1.82) is 5.26 Å². The first kappa shape index (κ1) is 32.0. The van der Waals surface area contributed by atoms with Gasteiger partial charge in [-0.15, -0.1) is 0 Å². The minimum atomic E-state index is -0.426. The minimum Gasteiger partial charge on any atom is -0.434 e. The Hall–Kier alpha value is -4.20. The van der Waals surface area contributed by atoms with Gasteiger partial charge in [0.25, 0.3) is 5.88 Å². The SMILES string of the molecule is CCC(=O)NC12CC(CCn3c(C#N)cc4c(C)c(CN5CCC6CN(c7nccnc7Oc7ccc(F)cc7Cl)CC65)ccc43)(C1)[C@@H]2C. The lowest BCUT2D eigenvalue weighted by molar-refractivity contribution is -0.226. The lowest BCUT2D eigenvalue weighted by Gasteiger charge is -2.76. The summed E-state index contributed by atoms with van der Waals surface area (Å²) in [6, 6.07) is 13.4. The molecule has 2 bridgehead atoms. The van der Waals surface area contributed by atoms with E-state index in [1.165, 1.54) is 29.3 Å². The second-order valence-corrected chi connectivity index (χ2v) is 15.1. The van der Waals surface area contributed by atoms with E-state index < -0.39 is 5.82 Å². The molecule has 11 heteroatoms. The first-order valence-corrected chi connectivity index (χ1v) is 17.8. The first-order valence-electron chi connectivity index (χ1n) is 17.4. The van der Waals surface area contributed by atoms with Crippen molar-refractivity contribution in [3.63, 3.8) is 0 Å². The van der Waals surface area contributed by atoms with Crippen LogP contribution in [0.1, 0.15) is 62.8 Å². The van der Waals surface area contributed by atoms with Gasteiger partial charge in [0.2, 0.25) is 5.91 Å². The Morgan fingerprint density at radius 2 is 2.00 bits per heavy atom. The zero-order chi connectivity index (χ0) is 34.1. The number of rotatable bonds is 10. The number of nitriles is 1. The molecule has 2 aromatic carbocycles. The summed E-state index contributed by atoms with van der Waals surface area (Å²) in [5.41, 5.74) is 4.58. The summed E-state index contributed by atoms with van der Waals surface area (Å²) in [7, 11) is 0. The van der Waals surface area contributed by atoms with Crippen LogP contribution in [-0.4, -0.2) is 56.6 Å². The highest BCUT2D eigenvalue weighted by atomic mass is 35.5. The average molecular weight is 682 g/mol. The monoisotopic (exact) mass is 681 g/mol. The smallest absolute Gasteiger partial charge is 0.263 e. The molecule has 3 aliphatic carbocycles. The number of aryl methyl sites for hydroxylation is 2. The largest absolute Gasteiger partial charge is 0.434 e. The number of hydrogen-bond acceptors (Lipinski definition) is 7. The summed E-state index contributed by atoms with van der Waals surface area (Å²) in [5.74, 6) is 2.03. The van der Waals surface area contributed by atoms with Crippen LogP contribution < -0.4 is 15.0 Å². The van der Waals surface area contributed by atoms with Gasteiger partial charge in [-0.3, -0.25) is 9.69 Å². The van der Waals surface area contributed by atoms with Gasteiger partial charge in [-0.1, -0.05) is 31.5 Å². The third-order valence-electron chi connectivity index (χ3n) is 12.3. The van der Waals surface area contributed by atoms with Gasteiger partial charge in [0.15, 0.2) is 5.82 Å². The molecule has 9 nitrogen and oxygen atoms in total. The Morgan fingerprint density at radius 1 is 1.18 bits per heavy atom. The second kappa shape index (κ2) is 12.0. The molecule has 49 heavy (non-hydrogen) atoms.